The van der Waals surface area contributed by atoms with Crippen molar-refractivity contribution in [1.29, 1.82) is 0 Å². The van der Waals surface area contributed by atoms with Crippen LogP contribution in [-0.2, 0) is 0 Å². The van der Waals surface area contributed by atoms with Gasteiger partial charge >= 0.3 is 29.6 Å². The van der Waals surface area contributed by atoms with E-state index in [-0.39, 0.29) is 39.2 Å². The zero-order valence-corrected chi connectivity index (χ0v) is 12.2. The average Bonchev–Trinajstić information content (AvgIpc) is 2.28. The summed E-state index contributed by atoms with van der Waals surface area (Å²) in [7, 11) is 1.50. The standard InChI is InChI=1S/C11H8O4S.Na/c1-15-7-3-2-6-4-9(10(12)13)16-11(14)8(6)5-7;/h2-5H,1H3,(H,12,13);/q;+1/p-1. The third-order valence-electron chi connectivity index (χ3n) is 2.17. The second-order valence-electron chi connectivity index (χ2n) is 3.14. The number of aromatic carboxylic acids is 1. The number of fused-ring (bicyclic) bond motifs is 1. The molecule has 0 atom stereocenters. The third-order valence-corrected chi connectivity index (χ3v) is 3.08. The summed E-state index contributed by atoms with van der Waals surface area (Å²) in [4.78, 5) is 22.2. The number of hydrogen-bond acceptors (Lipinski definition) is 5. The Balaban J connectivity index is 0.00000144. The molecule has 2 aromatic rings. The van der Waals surface area contributed by atoms with Gasteiger partial charge in [0.2, 0.25) is 4.74 Å². The minimum Gasteiger partial charge on any atom is -0.544 e. The third kappa shape index (κ3) is 2.87. The first-order valence-electron chi connectivity index (χ1n) is 4.45. The van der Waals surface area contributed by atoms with Gasteiger partial charge in [0.15, 0.2) is 0 Å². The molecular formula is C11H7NaO4S. The Kier molecular flexibility index (Phi) is 4.70. The van der Waals surface area contributed by atoms with Gasteiger partial charge in [-0.25, -0.2) is 0 Å². The van der Waals surface area contributed by atoms with E-state index in [1.807, 2.05) is 0 Å². The maximum atomic E-state index is 11.6. The van der Waals surface area contributed by atoms with Gasteiger partial charge in [-0.2, -0.15) is 0 Å². The van der Waals surface area contributed by atoms with Crippen LogP contribution in [0.1, 0.15) is 9.67 Å². The van der Waals surface area contributed by atoms with Gasteiger partial charge < -0.3 is 14.6 Å². The van der Waals surface area contributed by atoms with E-state index in [0.29, 0.717) is 27.9 Å². The molecule has 0 spiro atoms. The summed E-state index contributed by atoms with van der Waals surface area (Å²) >= 11 is 0.661. The van der Waals surface area contributed by atoms with Crippen LogP contribution in [0, 0.1) is 0 Å². The first-order chi connectivity index (χ1) is 7.61. The summed E-state index contributed by atoms with van der Waals surface area (Å²) in [5.41, 5.74) is 0. The van der Waals surface area contributed by atoms with Gasteiger partial charge in [-0.1, -0.05) is 17.4 Å². The van der Waals surface area contributed by atoms with Gasteiger partial charge in [-0.15, -0.1) is 0 Å². The molecule has 82 valence electrons. The smallest absolute Gasteiger partial charge is 0.544 e. The minimum atomic E-state index is -1.33. The van der Waals surface area contributed by atoms with Crippen LogP contribution in [0.5, 0.6) is 5.75 Å². The molecule has 0 unspecified atom stereocenters. The van der Waals surface area contributed by atoms with Crippen LogP contribution < -0.4 is 44.1 Å². The van der Waals surface area contributed by atoms with Crippen molar-refractivity contribution in [3.05, 3.63) is 38.7 Å². The SMILES string of the molecule is COc1ccc2cc(C(=O)[O-])sc(=O)c2c1.[Na+]. The number of hydrogen-bond donors (Lipinski definition) is 0. The number of benzene rings is 1. The van der Waals surface area contributed by atoms with Gasteiger partial charge in [0.25, 0.3) is 0 Å². The Hall–Kier alpha value is -0.880. The molecule has 0 amide bonds. The van der Waals surface area contributed by atoms with Crippen molar-refractivity contribution < 1.29 is 44.2 Å². The van der Waals surface area contributed by atoms with E-state index in [0.717, 1.165) is 0 Å². The summed E-state index contributed by atoms with van der Waals surface area (Å²) < 4.78 is 4.68. The van der Waals surface area contributed by atoms with Crippen molar-refractivity contribution in [2.45, 2.75) is 0 Å². The number of ether oxygens (including phenoxy) is 1. The fraction of sp³-hybridized carbons (Fsp3) is 0.0909. The number of carboxylic acids is 1. The van der Waals surface area contributed by atoms with E-state index >= 15 is 0 Å². The molecule has 0 N–H and O–H groups in total. The number of carbonyl (C=O) groups excluding carboxylic acids is 1. The topological polar surface area (TPSA) is 66.4 Å². The van der Waals surface area contributed by atoms with Crippen LogP contribution in [-0.4, -0.2) is 13.1 Å². The van der Waals surface area contributed by atoms with Gasteiger partial charge in [0.05, 0.1) is 18.0 Å². The first kappa shape index (κ1) is 14.2. The molecule has 0 fully saturated rings. The van der Waals surface area contributed by atoms with Crippen LogP contribution in [0.4, 0.5) is 0 Å². The molecule has 4 nitrogen and oxygen atoms in total. The second kappa shape index (κ2) is 5.64. The Morgan fingerprint density at radius 1 is 1.35 bits per heavy atom. The fourth-order valence-electron chi connectivity index (χ4n) is 1.39. The predicted molar refractivity (Wildman–Crippen MR) is 59.0 cm³/mol. The monoisotopic (exact) mass is 258 g/mol. The largest absolute Gasteiger partial charge is 1.00 e. The quantitative estimate of drug-likeness (QED) is 0.565. The molecule has 0 aliphatic heterocycles. The van der Waals surface area contributed by atoms with Crippen molar-refractivity contribution in [3.63, 3.8) is 0 Å². The summed E-state index contributed by atoms with van der Waals surface area (Å²) in [6.45, 7) is 0. The number of carboxylic acid groups (broad SMARTS) is 1. The van der Waals surface area contributed by atoms with Gasteiger partial charge in [-0.3, -0.25) is 4.79 Å². The second-order valence-corrected chi connectivity index (χ2v) is 4.15. The Morgan fingerprint density at radius 2 is 2.06 bits per heavy atom. The molecule has 0 radical (unpaired) electrons. The molecule has 1 aromatic heterocycles. The number of carbonyl (C=O) groups is 1. The van der Waals surface area contributed by atoms with Crippen LogP contribution in [0.3, 0.4) is 0 Å². The van der Waals surface area contributed by atoms with Crippen LogP contribution in [0.15, 0.2) is 29.1 Å². The molecule has 0 bridgehead atoms. The zero-order chi connectivity index (χ0) is 11.7. The summed E-state index contributed by atoms with van der Waals surface area (Å²) in [6, 6.07) is 6.34. The maximum Gasteiger partial charge on any atom is 1.00 e. The number of rotatable bonds is 2. The average molecular weight is 258 g/mol. The van der Waals surface area contributed by atoms with E-state index in [1.165, 1.54) is 13.2 Å². The van der Waals surface area contributed by atoms with Crippen LogP contribution in [0.2, 0.25) is 0 Å². The van der Waals surface area contributed by atoms with E-state index < -0.39 is 5.97 Å². The van der Waals surface area contributed by atoms with Crippen molar-refractivity contribution in [2.24, 2.45) is 0 Å². The van der Waals surface area contributed by atoms with E-state index in [4.69, 9.17) is 4.74 Å². The molecule has 1 aromatic carbocycles. The van der Waals surface area contributed by atoms with Crippen molar-refractivity contribution in [1.82, 2.24) is 0 Å². The molecule has 2 rings (SSSR count). The first-order valence-corrected chi connectivity index (χ1v) is 5.26. The van der Waals surface area contributed by atoms with E-state index in [1.54, 1.807) is 18.2 Å². The number of methoxy groups -OCH3 is 1. The molecule has 0 saturated heterocycles. The molecular weight excluding hydrogens is 251 g/mol. The fourth-order valence-corrected chi connectivity index (χ4v) is 2.15. The van der Waals surface area contributed by atoms with Crippen molar-refractivity contribution in [3.8, 4) is 5.75 Å². The van der Waals surface area contributed by atoms with Gasteiger partial charge in [-0.05, 0) is 23.6 Å². The molecule has 6 heteroatoms. The van der Waals surface area contributed by atoms with Crippen molar-refractivity contribution in [2.75, 3.05) is 7.11 Å². The molecule has 0 saturated carbocycles. The molecule has 1 heterocycles. The van der Waals surface area contributed by atoms with Crippen LogP contribution in [0.25, 0.3) is 10.8 Å². The molecule has 0 aliphatic rings. The maximum absolute atomic E-state index is 11.6. The minimum absolute atomic E-state index is 0. The molecule has 0 aliphatic carbocycles. The summed E-state index contributed by atoms with van der Waals surface area (Å²) in [5.74, 6) is -0.766. The summed E-state index contributed by atoms with van der Waals surface area (Å²) in [6.07, 6.45) is 0. The Labute approximate surface area is 123 Å². The normalized spacial score (nSPS) is 9.71. The Morgan fingerprint density at radius 3 is 2.65 bits per heavy atom. The van der Waals surface area contributed by atoms with Gasteiger partial charge in [0, 0.05) is 5.39 Å². The van der Waals surface area contributed by atoms with Gasteiger partial charge in [0.1, 0.15) is 5.75 Å². The van der Waals surface area contributed by atoms with Crippen LogP contribution >= 0.6 is 11.3 Å². The zero-order valence-electron chi connectivity index (χ0n) is 9.35. The predicted octanol–water partition coefficient (Wildman–Crippen LogP) is -2.36. The van der Waals surface area contributed by atoms with E-state index in [2.05, 4.69) is 0 Å². The van der Waals surface area contributed by atoms with E-state index in [9.17, 15) is 14.7 Å². The summed E-state index contributed by atoms with van der Waals surface area (Å²) in [5, 5.41) is 11.7. The Bertz CT molecular complexity index is 620. The molecule has 17 heavy (non-hydrogen) atoms. The van der Waals surface area contributed by atoms with Crippen molar-refractivity contribution >= 4 is 28.1 Å².